The van der Waals surface area contributed by atoms with Crippen LogP contribution < -0.4 is 0 Å². The van der Waals surface area contributed by atoms with Crippen LogP contribution in [0.1, 0.15) is 36.7 Å². The molecule has 0 spiro atoms. The molecule has 0 radical (unpaired) electrons. The molecular formula is C11H15BrO. The second kappa shape index (κ2) is 5.92. The molecule has 2 heteroatoms. The van der Waals surface area contributed by atoms with Crippen LogP contribution >= 0.6 is 15.9 Å². The summed E-state index contributed by atoms with van der Waals surface area (Å²) >= 11 is 3.31. The van der Waals surface area contributed by atoms with Gasteiger partial charge in [0.1, 0.15) is 0 Å². The van der Waals surface area contributed by atoms with Crippen molar-refractivity contribution in [2.75, 3.05) is 0 Å². The molecule has 1 aromatic rings. The number of Topliss-reactive ketones (excluding diaryl/α,β-unsaturated/α-hetero) is 1. The lowest BCUT2D eigenvalue weighted by Crippen LogP contribution is -1.94. The van der Waals surface area contributed by atoms with Crippen LogP contribution in [0.25, 0.3) is 0 Å². The second-order valence-electron chi connectivity index (χ2n) is 2.52. The summed E-state index contributed by atoms with van der Waals surface area (Å²) in [5, 5.41) is 0. The standard InChI is InChI=1S/C9H9BrO.C2H6/c1-6-3-4-8(10)5-9(6)7(2)11;1-2/h3-5H,1-2H3;1-2H3. The molecule has 0 aliphatic carbocycles. The summed E-state index contributed by atoms with van der Waals surface area (Å²) in [5.41, 5.74) is 1.82. The van der Waals surface area contributed by atoms with Gasteiger partial charge in [0.2, 0.25) is 0 Å². The summed E-state index contributed by atoms with van der Waals surface area (Å²) in [6, 6.07) is 5.71. The Balaban J connectivity index is 0.000000671. The monoisotopic (exact) mass is 242 g/mol. The summed E-state index contributed by atoms with van der Waals surface area (Å²) < 4.78 is 0.952. The van der Waals surface area contributed by atoms with Gasteiger partial charge in [0.25, 0.3) is 0 Å². The Kier molecular flexibility index (Phi) is 5.63. The quantitative estimate of drug-likeness (QED) is 0.681. The van der Waals surface area contributed by atoms with Crippen LogP contribution in [0.3, 0.4) is 0 Å². The zero-order valence-electron chi connectivity index (χ0n) is 8.52. The van der Waals surface area contributed by atoms with Crippen LogP contribution in [0, 0.1) is 6.92 Å². The highest BCUT2D eigenvalue weighted by Gasteiger charge is 2.02. The van der Waals surface area contributed by atoms with Gasteiger partial charge < -0.3 is 0 Å². The zero-order chi connectivity index (χ0) is 10.4. The zero-order valence-corrected chi connectivity index (χ0v) is 10.1. The van der Waals surface area contributed by atoms with Gasteiger partial charge in [-0.05, 0) is 31.5 Å². The van der Waals surface area contributed by atoms with Crippen LogP contribution in [-0.2, 0) is 0 Å². The van der Waals surface area contributed by atoms with Crippen molar-refractivity contribution in [3.05, 3.63) is 33.8 Å². The lowest BCUT2D eigenvalue weighted by molar-refractivity contribution is 0.101. The molecule has 0 atom stereocenters. The Bertz CT molecular complexity index is 292. The first-order valence-corrected chi connectivity index (χ1v) is 5.17. The first-order chi connectivity index (χ1) is 6.11. The third kappa shape index (κ3) is 3.73. The van der Waals surface area contributed by atoms with Gasteiger partial charge in [-0.1, -0.05) is 35.8 Å². The third-order valence-electron chi connectivity index (χ3n) is 1.58. The van der Waals surface area contributed by atoms with Crippen LogP contribution in [0.5, 0.6) is 0 Å². The van der Waals surface area contributed by atoms with Crippen molar-refractivity contribution in [3.63, 3.8) is 0 Å². The average molecular weight is 243 g/mol. The van der Waals surface area contributed by atoms with Crippen molar-refractivity contribution in [1.82, 2.24) is 0 Å². The Hall–Kier alpha value is -0.630. The molecule has 0 fully saturated rings. The molecule has 0 N–H and O–H groups in total. The smallest absolute Gasteiger partial charge is 0.160 e. The molecule has 13 heavy (non-hydrogen) atoms. The highest BCUT2D eigenvalue weighted by molar-refractivity contribution is 9.10. The average Bonchev–Trinajstić information content (AvgIpc) is 2.12. The van der Waals surface area contributed by atoms with Gasteiger partial charge in [0.05, 0.1) is 0 Å². The number of benzene rings is 1. The van der Waals surface area contributed by atoms with E-state index < -0.39 is 0 Å². The lowest BCUT2D eigenvalue weighted by atomic mass is 10.1. The predicted molar refractivity (Wildman–Crippen MR) is 60.2 cm³/mol. The van der Waals surface area contributed by atoms with Gasteiger partial charge >= 0.3 is 0 Å². The normalized spacial score (nSPS) is 8.69. The first-order valence-electron chi connectivity index (χ1n) is 4.38. The molecule has 1 rings (SSSR count). The fourth-order valence-corrected chi connectivity index (χ4v) is 1.33. The number of hydrogen-bond acceptors (Lipinski definition) is 1. The van der Waals surface area contributed by atoms with E-state index in [0.29, 0.717) is 0 Å². The molecule has 0 heterocycles. The van der Waals surface area contributed by atoms with Crippen LogP contribution in [0.15, 0.2) is 22.7 Å². The molecule has 0 saturated carbocycles. The summed E-state index contributed by atoms with van der Waals surface area (Å²) in [4.78, 5) is 11.0. The van der Waals surface area contributed by atoms with E-state index >= 15 is 0 Å². The van der Waals surface area contributed by atoms with Crippen LogP contribution in [0.2, 0.25) is 0 Å². The molecule has 0 saturated heterocycles. The molecule has 0 aliphatic rings. The summed E-state index contributed by atoms with van der Waals surface area (Å²) in [6.45, 7) is 7.51. The Morgan fingerprint density at radius 2 is 1.85 bits per heavy atom. The summed E-state index contributed by atoms with van der Waals surface area (Å²) in [7, 11) is 0. The van der Waals surface area contributed by atoms with Crippen molar-refractivity contribution in [2.24, 2.45) is 0 Å². The Labute approximate surface area is 88.3 Å². The molecule has 1 nitrogen and oxygen atoms in total. The number of rotatable bonds is 1. The van der Waals surface area contributed by atoms with E-state index in [1.165, 1.54) is 0 Å². The predicted octanol–water partition coefficient (Wildman–Crippen LogP) is 3.99. The number of ketones is 1. The molecular weight excluding hydrogens is 228 g/mol. The van der Waals surface area contributed by atoms with Crippen molar-refractivity contribution in [3.8, 4) is 0 Å². The van der Waals surface area contributed by atoms with E-state index in [4.69, 9.17) is 0 Å². The van der Waals surface area contributed by atoms with E-state index in [0.717, 1.165) is 15.6 Å². The van der Waals surface area contributed by atoms with E-state index in [-0.39, 0.29) is 5.78 Å². The largest absolute Gasteiger partial charge is 0.295 e. The van der Waals surface area contributed by atoms with Gasteiger partial charge in [-0.25, -0.2) is 0 Å². The second-order valence-corrected chi connectivity index (χ2v) is 3.43. The summed E-state index contributed by atoms with van der Waals surface area (Å²) in [5.74, 6) is 0.115. The molecule has 1 aromatic carbocycles. The number of hydrogen-bond donors (Lipinski definition) is 0. The van der Waals surface area contributed by atoms with Crippen LogP contribution in [-0.4, -0.2) is 5.78 Å². The first kappa shape index (κ1) is 12.4. The number of carbonyl (C=O) groups excluding carboxylic acids is 1. The van der Waals surface area contributed by atoms with Crippen molar-refractivity contribution in [1.29, 1.82) is 0 Å². The highest BCUT2D eigenvalue weighted by atomic mass is 79.9. The van der Waals surface area contributed by atoms with E-state index in [1.807, 2.05) is 39.0 Å². The molecule has 72 valence electrons. The molecule has 0 unspecified atom stereocenters. The van der Waals surface area contributed by atoms with Crippen LogP contribution in [0.4, 0.5) is 0 Å². The van der Waals surface area contributed by atoms with Gasteiger partial charge in [-0.2, -0.15) is 0 Å². The van der Waals surface area contributed by atoms with E-state index in [1.54, 1.807) is 6.92 Å². The SMILES string of the molecule is CC.CC(=O)c1cc(Br)ccc1C. The van der Waals surface area contributed by atoms with Crippen molar-refractivity contribution < 1.29 is 4.79 Å². The third-order valence-corrected chi connectivity index (χ3v) is 2.07. The summed E-state index contributed by atoms with van der Waals surface area (Å²) in [6.07, 6.45) is 0. The maximum Gasteiger partial charge on any atom is 0.160 e. The fourth-order valence-electron chi connectivity index (χ4n) is 0.974. The highest BCUT2D eigenvalue weighted by Crippen LogP contribution is 2.15. The topological polar surface area (TPSA) is 17.1 Å². The van der Waals surface area contributed by atoms with Gasteiger partial charge in [-0.15, -0.1) is 0 Å². The molecule has 0 bridgehead atoms. The molecule has 0 amide bonds. The minimum absolute atomic E-state index is 0.115. The van der Waals surface area contributed by atoms with Gasteiger partial charge in [-0.3, -0.25) is 4.79 Å². The van der Waals surface area contributed by atoms with Gasteiger partial charge in [0, 0.05) is 10.0 Å². The van der Waals surface area contributed by atoms with Gasteiger partial charge in [0.15, 0.2) is 5.78 Å². The molecule has 0 aromatic heterocycles. The van der Waals surface area contributed by atoms with Crippen molar-refractivity contribution in [2.45, 2.75) is 27.7 Å². The Morgan fingerprint density at radius 1 is 1.31 bits per heavy atom. The minimum atomic E-state index is 0.115. The number of halogens is 1. The Morgan fingerprint density at radius 3 is 2.23 bits per heavy atom. The lowest BCUT2D eigenvalue weighted by Gasteiger charge is -2.00. The minimum Gasteiger partial charge on any atom is -0.295 e. The number of aryl methyl sites for hydroxylation is 1. The van der Waals surface area contributed by atoms with E-state index in [2.05, 4.69) is 15.9 Å². The maximum absolute atomic E-state index is 11.0. The fraction of sp³-hybridized carbons (Fsp3) is 0.364. The maximum atomic E-state index is 11.0. The van der Waals surface area contributed by atoms with E-state index in [9.17, 15) is 4.79 Å². The van der Waals surface area contributed by atoms with Crippen molar-refractivity contribution >= 4 is 21.7 Å². The number of carbonyl (C=O) groups is 1. The molecule has 0 aliphatic heterocycles.